The summed E-state index contributed by atoms with van der Waals surface area (Å²) in [5.41, 5.74) is 0.803. The van der Waals surface area contributed by atoms with Gasteiger partial charge in [-0.25, -0.2) is 0 Å². The zero-order chi connectivity index (χ0) is 15.9. The Kier molecular flexibility index (Phi) is 7.89. The van der Waals surface area contributed by atoms with Crippen molar-refractivity contribution in [3.8, 4) is 11.5 Å². The first-order valence-corrected chi connectivity index (χ1v) is 7.56. The lowest BCUT2D eigenvalue weighted by Gasteiger charge is -2.21. The summed E-state index contributed by atoms with van der Waals surface area (Å²) >= 11 is 0. The monoisotopic (exact) mass is 337 g/mol. The van der Waals surface area contributed by atoms with Gasteiger partial charge >= 0.3 is 0 Å². The van der Waals surface area contributed by atoms with E-state index in [9.17, 15) is 10.2 Å². The molecule has 2 rings (SSSR count). The van der Waals surface area contributed by atoms with E-state index in [0.717, 1.165) is 11.3 Å². The van der Waals surface area contributed by atoms with Gasteiger partial charge in [-0.1, -0.05) is 30.3 Å². The Morgan fingerprint density at radius 2 is 1.61 bits per heavy atom. The molecule has 0 saturated carbocycles. The Hall–Kier alpha value is -1.75. The normalized spacial score (nSPS) is 14.4. The molecule has 0 spiro atoms. The number of para-hydroxylation sites is 1. The largest absolute Gasteiger partial charge is 1.00 e. The van der Waals surface area contributed by atoms with Gasteiger partial charge in [-0.05, 0) is 43.7 Å². The van der Waals surface area contributed by atoms with Crippen molar-refractivity contribution >= 4 is 0 Å². The molecule has 0 aliphatic carbocycles. The first-order chi connectivity index (χ1) is 10.6. The van der Waals surface area contributed by atoms with Crippen molar-refractivity contribution in [3.05, 3.63) is 60.2 Å². The van der Waals surface area contributed by atoms with Crippen molar-refractivity contribution in [2.45, 2.75) is 32.0 Å². The highest BCUT2D eigenvalue weighted by Gasteiger charge is 2.21. The highest BCUT2D eigenvalue weighted by molar-refractivity contribution is 5.27. The zero-order valence-corrected chi connectivity index (χ0v) is 14.1. The van der Waals surface area contributed by atoms with Crippen LogP contribution in [0.25, 0.3) is 0 Å². The van der Waals surface area contributed by atoms with Gasteiger partial charge in [0, 0.05) is 0 Å². The van der Waals surface area contributed by atoms with Crippen LogP contribution in [0, 0.1) is 0 Å². The lowest BCUT2D eigenvalue weighted by molar-refractivity contribution is -0.723. The van der Waals surface area contributed by atoms with E-state index in [1.807, 2.05) is 37.3 Å². The fourth-order valence-corrected chi connectivity index (χ4v) is 2.40. The third kappa shape index (κ3) is 6.10. The quantitative estimate of drug-likeness (QED) is 0.598. The number of aliphatic hydroxyl groups excluding tert-OH is 1. The Bertz CT molecular complexity index is 562. The summed E-state index contributed by atoms with van der Waals surface area (Å²) in [5, 5.41) is 21.8. The summed E-state index contributed by atoms with van der Waals surface area (Å²) < 4.78 is 5.72. The van der Waals surface area contributed by atoms with Crippen LogP contribution in [0.3, 0.4) is 0 Å². The molecule has 4 N–H and O–H groups in total. The van der Waals surface area contributed by atoms with Crippen LogP contribution in [0.1, 0.15) is 25.5 Å². The summed E-state index contributed by atoms with van der Waals surface area (Å²) in [6, 6.07) is 16.6. The predicted molar refractivity (Wildman–Crippen MR) is 85.9 cm³/mol. The maximum Gasteiger partial charge on any atom is 0.139 e. The standard InChI is InChI=1S/C18H23NO3.ClH/c1-13(12-22-17-6-4-3-5-7-17)19-14(2)18(21)15-8-10-16(20)11-9-15;/h3-11,13-14,18-21H,12H2,1-2H3;1H/t13-,14-,18-;/m1./s1. The van der Waals surface area contributed by atoms with Crippen LogP contribution < -0.4 is 22.5 Å². The molecule has 5 heteroatoms. The molecule has 3 atom stereocenters. The molecule has 0 fully saturated rings. The summed E-state index contributed by atoms with van der Waals surface area (Å²) in [6.07, 6.45) is -0.584. The number of rotatable bonds is 7. The molecule has 2 aromatic rings. The van der Waals surface area contributed by atoms with E-state index in [2.05, 4.69) is 12.2 Å². The second-order valence-electron chi connectivity index (χ2n) is 5.69. The molecule has 0 radical (unpaired) electrons. The summed E-state index contributed by atoms with van der Waals surface area (Å²) in [5.74, 6) is 1.06. The van der Waals surface area contributed by atoms with Gasteiger partial charge in [0.15, 0.2) is 0 Å². The molecule has 0 unspecified atom stereocenters. The Balaban J connectivity index is 0.00000264. The highest BCUT2D eigenvalue weighted by atomic mass is 35.5. The SMILES string of the molecule is C[C@H](COc1ccccc1)[NH2+][C@H](C)[C@@H](O)c1ccc(O)cc1.[Cl-]. The maximum absolute atomic E-state index is 10.4. The first-order valence-electron chi connectivity index (χ1n) is 7.56. The number of phenolic OH excluding ortho intramolecular Hbond substituents is 1. The molecule has 2 aromatic carbocycles. The van der Waals surface area contributed by atoms with Crippen molar-refractivity contribution in [1.29, 1.82) is 0 Å². The molecule has 4 nitrogen and oxygen atoms in total. The van der Waals surface area contributed by atoms with E-state index in [1.165, 1.54) is 0 Å². The van der Waals surface area contributed by atoms with Crippen molar-refractivity contribution in [3.63, 3.8) is 0 Å². The molecule has 0 heterocycles. The smallest absolute Gasteiger partial charge is 0.139 e. The third-order valence-electron chi connectivity index (χ3n) is 3.62. The number of quaternary nitrogens is 1. The number of benzene rings is 2. The van der Waals surface area contributed by atoms with Gasteiger partial charge in [0.2, 0.25) is 0 Å². The van der Waals surface area contributed by atoms with Crippen LogP contribution in [0.15, 0.2) is 54.6 Å². The van der Waals surface area contributed by atoms with Gasteiger partial charge in [-0.3, -0.25) is 0 Å². The number of nitrogens with two attached hydrogens (primary N) is 1. The van der Waals surface area contributed by atoms with Crippen molar-refractivity contribution in [2.24, 2.45) is 0 Å². The van der Waals surface area contributed by atoms with Crippen molar-refractivity contribution in [2.75, 3.05) is 6.61 Å². The molecule has 126 valence electrons. The lowest BCUT2D eigenvalue weighted by atomic mass is 10.0. The van der Waals surface area contributed by atoms with Gasteiger partial charge in [0.05, 0.1) is 0 Å². The molecule has 0 aromatic heterocycles. The number of aromatic hydroxyl groups is 1. The number of aliphatic hydroxyl groups is 1. The van der Waals surface area contributed by atoms with Crippen LogP contribution in [-0.4, -0.2) is 28.9 Å². The van der Waals surface area contributed by atoms with Gasteiger partial charge in [-0.2, -0.15) is 0 Å². The van der Waals surface area contributed by atoms with E-state index in [0.29, 0.717) is 6.61 Å². The maximum atomic E-state index is 10.4. The fourth-order valence-electron chi connectivity index (χ4n) is 2.40. The number of ether oxygens (including phenoxy) is 1. The Morgan fingerprint density at radius 1 is 1.00 bits per heavy atom. The highest BCUT2D eigenvalue weighted by Crippen LogP contribution is 2.18. The minimum atomic E-state index is -0.584. The number of halogens is 1. The van der Waals surface area contributed by atoms with Crippen LogP contribution in [0.4, 0.5) is 0 Å². The molecule has 0 bridgehead atoms. The van der Waals surface area contributed by atoms with Crippen LogP contribution in [-0.2, 0) is 0 Å². The molecular weight excluding hydrogens is 314 g/mol. The summed E-state index contributed by atoms with van der Waals surface area (Å²) in [6.45, 7) is 4.64. The third-order valence-corrected chi connectivity index (χ3v) is 3.62. The fraction of sp³-hybridized carbons (Fsp3) is 0.333. The first kappa shape index (κ1) is 19.3. The second-order valence-corrected chi connectivity index (χ2v) is 5.69. The van der Waals surface area contributed by atoms with Gasteiger partial charge < -0.3 is 32.7 Å². The van der Waals surface area contributed by atoms with E-state index in [4.69, 9.17) is 4.74 Å². The van der Waals surface area contributed by atoms with Crippen LogP contribution >= 0.6 is 0 Å². The molecule has 23 heavy (non-hydrogen) atoms. The average molecular weight is 338 g/mol. The topological polar surface area (TPSA) is 66.3 Å². The number of hydrogen-bond acceptors (Lipinski definition) is 3. The lowest BCUT2D eigenvalue weighted by Crippen LogP contribution is -3.00. The Labute approximate surface area is 143 Å². The van der Waals surface area contributed by atoms with Crippen molar-refractivity contribution in [1.82, 2.24) is 0 Å². The minimum Gasteiger partial charge on any atom is -1.00 e. The average Bonchev–Trinajstić information content (AvgIpc) is 2.54. The molecule has 0 saturated heterocycles. The number of hydrogen-bond donors (Lipinski definition) is 3. The van der Waals surface area contributed by atoms with Crippen LogP contribution in [0.5, 0.6) is 11.5 Å². The van der Waals surface area contributed by atoms with Crippen molar-refractivity contribution < 1.29 is 32.7 Å². The van der Waals surface area contributed by atoms with Gasteiger partial charge in [0.1, 0.15) is 36.3 Å². The van der Waals surface area contributed by atoms with E-state index in [-0.39, 0.29) is 30.2 Å². The molecule has 0 aliphatic heterocycles. The summed E-state index contributed by atoms with van der Waals surface area (Å²) in [4.78, 5) is 0. The predicted octanol–water partition coefficient (Wildman–Crippen LogP) is -1.15. The molecule has 0 aliphatic rings. The van der Waals surface area contributed by atoms with Crippen LogP contribution in [0.2, 0.25) is 0 Å². The van der Waals surface area contributed by atoms with Gasteiger partial charge in [-0.15, -0.1) is 0 Å². The van der Waals surface area contributed by atoms with E-state index < -0.39 is 6.10 Å². The van der Waals surface area contributed by atoms with Gasteiger partial charge in [0.25, 0.3) is 0 Å². The molecular formula is C18H24ClNO3. The Morgan fingerprint density at radius 3 is 2.22 bits per heavy atom. The number of phenols is 1. The zero-order valence-electron chi connectivity index (χ0n) is 13.4. The second kappa shape index (κ2) is 9.40. The minimum absolute atomic E-state index is 0. The van der Waals surface area contributed by atoms with E-state index in [1.54, 1.807) is 24.3 Å². The van der Waals surface area contributed by atoms with E-state index >= 15 is 0 Å². The summed E-state index contributed by atoms with van der Waals surface area (Å²) in [7, 11) is 0. The molecule has 0 amide bonds.